The monoisotopic (exact) mass is 187 g/mol. The predicted molar refractivity (Wildman–Crippen MR) is 52.7 cm³/mol. The van der Waals surface area contributed by atoms with Crippen LogP contribution in [0.3, 0.4) is 0 Å². The summed E-state index contributed by atoms with van der Waals surface area (Å²) in [4.78, 5) is 0. The molecule has 2 aliphatic rings. The van der Waals surface area contributed by atoms with Gasteiger partial charge in [0.05, 0.1) is 6.61 Å². The summed E-state index contributed by atoms with van der Waals surface area (Å²) in [7, 11) is 0. The normalized spacial score (nSPS) is 37.0. The Labute approximate surface area is 78.4 Å². The molecule has 12 heavy (non-hydrogen) atoms. The van der Waals surface area contributed by atoms with Crippen LogP contribution in [0.25, 0.3) is 0 Å². The number of hydrogen-bond donors (Lipinski definition) is 1. The Morgan fingerprint density at radius 2 is 2.25 bits per heavy atom. The van der Waals surface area contributed by atoms with Gasteiger partial charge in [-0.3, -0.25) is 0 Å². The molecule has 0 aromatic rings. The molecule has 2 nitrogen and oxygen atoms in total. The molecule has 0 spiro atoms. The third-order valence-corrected chi connectivity index (χ3v) is 3.78. The number of rotatable bonds is 2. The molecule has 2 aliphatic heterocycles. The van der Waals surface area contributed by atoms with Gasteiger partial charge in [0.2, 0.25) is 0 Å². The fourth-order valence-electron chi connectivity index (χ4n) is 1.87. The maximum absolute atomic E-state index is 5.33. The summed E-state index contributed by atoms with van der Waals surface area (Å²) in [5.41, 5.74) is 0. The van der Waals surface area contributed by atoms with Crippen molar-refractivity contribution in [2.24, 2.45) is 0 Å². The van der Waals surface area contributed by atoms with Crippen LogP contribution in [0.2, 0.25) is 0 Å². The van der Waals surface area contributed by atoms with Crippen LogP contribution in [0, 0.1) is 0 Å². The van der Waals surface area contributed by atoms with Crippen molar-refractivity contribution in [2.45, 2.75) is 31.3 Å². The van der Waals surface area contributed by atoms with Crippen molar-refractivity contribution >= 4 is 11.8 Å². The van der Waals surface area contributed by atoms with Gasteiger partial charge in [0, 0.05) is 24.4 Å². The molecule has 70 valence electrons. The molecule has 0 amide bonds. The lowest BCUT2D eigenvalue weighted by atomic mass is 10.1. The second kappa shape index (κ2) is 4.49. The van der Waals surface area contributed by atoms with Crippen LogP contribution in [0.4, 0.5) is 0 Å². The van der Waals surface area contributed by atoms with Gasteiger partial charge in [-0.05, 0) is 25.0 Å². The lowest BCUT2D eigenvalue weighted by Gasteiger charge is -2.25. The molecule has 0 aromatic carbocycles. The molecular formula is C9H17NOS. The first kappa shape index (κ1) is 8.85. The zero-order valence-corrected chi connectivity index (χ0v) is 8.24. The van der Waals surface area contributed by atoms with Crippen molar-refractivity contribution in [3.05, 3.63) is 0 Å². The van der Waals surface area contributed by atoms with Gasteiger partial charge in [-0.2, -0.15) is 11.8 Å². The van der Waals surface area contributed by atoms with Crippen LogP contribution >= 0.6 is 11.8 Å². The predicted octanol–water partition coefficient (Wildman–Crippen LogP) is 1.26. The van der Waals surface area contributed by atoms with Crippen LogP contribution in [-0.2, 0) is 4.74 Å². The minimum Gasteiger partial charge on any atom is -0.380 e. The topological polar surface area (TPSA) is 21.3 Å². The van der Waals surface area contributed by atoms with Gasteiger partial charge in [-0.1, -0.05) is 0 Å². The fourth-order valence-corrected chi connectivity index (χ4v) is 2.96. The first-order valence-corrected chi connectivity index (χ1v) is 6.02. The van der Waals surface area contributed by atoms with Crippen molar-refractivity contribution in [3.8, 4) is 0 Å². The number of ether oxygens (including phenoxy) is 1. The molecule has 1 N–H and O–H groups in total. The van der Waals surface area contributed by atoms with Crippen molar-refractivity contribution in [3.63, 3.8) is 0 Å². The third kappa shape index (κ3) is 2.38. The Bertz CT molecular complexity index is 130. The Hall–Kier alpha value is 0.270. The van der Waals surface area contributed by atoms with E-state index in [1.54, 1.807) is 0 Å². The van der Waals surface area contributed by atoms with E-state index in [0.717, 1.165) is 19.3 Å². The molecule has 2 saturated heterocycles. The number of nitrogens with one attached hydrogen (secondary N) is 1. The largest absolute Gasteiger partial charge is 0.380 e. The lowest BCUT2D eigenvalue weighted by molar-refractivity contribution is 0.188. The lowest BCUT2D eigenvalue weighted by Crippen LogP contribution is -2.41. The molecule has 2 atom stereocenters. The maximum atomic E-state index is 5.33. The van der Waals surface area contributed by atoms with Gasteiger partial charge in [-0.25, -0.2) is 0 Å². The van der Waals surface area contributed by atoms with Gasteiger partial charge >= 0.3 is 0 Å². The van der Waals surface area contributed by atoms with Gasteiger partial charge in [-0.15, -0.1) is 0 Å². The molecular weight excluding hydrogens is 170 g/mol. The standard InChI is InChI=1S/C9H17NOS/c1-2-9(7-12-5-1)10-8-3-4-11-6-8/h8-10H,1-7H2. The summed E-state index contributed by atoms with van der Waals surface area (Å²) >= 11 is 2.08. The fraction of sp³-hybridized carbons (Fsp3) is 1.00. The van der Waals surface area contributed by atoms with Crippen LogP contribution in [0.15, 0.2) is 0 Å². The maximum Gasteiger partial charge on any atom is 0.0620 e. The van der Waals surface area contributed by atoms with Crippen LogP contribution in [-0.4, -0.2) is 36.8 Å². The molecule has 2 heterocycles. The van der Waals surface area contributed by atoms with Crippen LogP contribution < -0.4 is 5.32 Å². The molecule has 2 rings (SSSR count). The summed E-state index contributed by atoms with van der Waals surface area (Å²) in [5.74, 6) is 2.66. The SMILES string of the molecule is C1CSCC(NC2CCOC2)C1. The van der Waals surface area contributed by atoms with E-state index in [2.05, 4.69) is 17.1 Å². The molecule has 3 heteroatoms. The summed E-state index contributed by atoms with van der Waals surface area (Å²) in [5, 5.41) is 3.67. The second-order valence-corrected chi connectivity index (χ2v) is 4.79. The Morgan fingerprint density at radius 3 is 2.92 bits per heavy atom. The van der Waals surface area contributed by atoms with Crippen molar-refractivity contribution in [1.29, 1.82) is 0 Å². The van der Waals surface area contributed by atoms with E-state index >= 15 is 0 Å². The van der Waals surface area contributed by atoms with Crippen LogP contribution in [0.5, 0.6) is 0 Å². The molecule has 0 aliphatic carbocycles. The quantitative estimate of drug-likeness (QED) is 0.703. The smallest absolute Gasteiger partial charge is 0.0620 e. The highest BCUT2D eigenvalue weighted by atomic mass is 32.2. The zero-order valence-electron chi connectivity index (χ0n) is 7.42. The summed E-state index contributed by atoms with van der Waals surface area (Å²) in [6, 6.07) is 1.41. The second-order valence-electron chi connectivity index (χ2n) is 3.64. The first-order valence-electron chi connectivity index (χ1n) is 4.87. The highest BCUT2D eigenvalue weighted by Crippen LogP contribution is 2.18. The zero-order chi connectivity index (χ0) is 8.23. The molecule has 2 unspecified atom stereocenters. The van der Waals surface area contributed by atoms with E-state index in [1.165, 1.54) is 30.8 Å². The molecule has 0 radical (unpaired) electrons. The Morgan fingerprint density at radius 1 is 1.25 bits per heavy atom. The summed E-state index contributed by atoms with van der Waals surface area (Å²) in [6.07, 6.45) is 3.96. The average molecular weight is 187 g/mol. The van der Waals surface area contributed by atoms with E-state index in [-0.39, 0.29) is 0 Å². The highest BCUT2D eigenvalue weighted by molar-refractivity contribution is 7.99. The Kier molecular flexibility index (Phi) is 3.31. The molecule has 2 fully saturated rings. The van der Waals surface area contributed by atoms with Crippen LogP contribution in [0.1, 0.15) is 19.3 Å². The van der Waals surface area contributed by atoms with Crippen molar-refractivity contribution in [2.75, 3.05) is 24.7 Å². The van der Waals surface area contributed by atoms with E-state index in [9.17, 15) is 0 Å². The third-order valence-electron chi connectivity index (χ3n) is 2.56. The molecule has 0 saturated carbocycles. The minimum absolute atomic E-state index is 0.647. The molecule has 0 aromatic heterocycles. The van der Waals surface area contributed by atoms with Crippen molar-refractivity contribution in [1.82, 2.24) is 5.32 Å². The minimum atomic E-state index is 0.647. The number of hydrogen-bond acceptors (Lipinski definition) is 3. The van der Waals surface area contributed by atoms with E-state index in [1.807, 2.05) is 0 Å². The first-order chi connectivity index (χ1) is 5.95. The van der Waals surface area contributed by atoms with E-state index < -0.39 is 0 Å². The summed E-state index contributed by atoms with van der Waals surface area (Å²) < 4.78 is 5.33. The number of thioether (sulfide) groups is 1. The van der Waals surface area contributed by atoms with Gasteiger partial charge < -0.3 is 10.1 Å². The van der Waals surface area contributed by atoms with E-state index in [0.29, 0.717) is 6.04 Å². The van der Waals surface area contributed by atoms with Gasteiger partial charge in [0.25, 0.3) is 0 Å². The molecule has 0 bridgehead atoms. The van der Waals surface area contributed by atoms with E-state index in [4.69, 9.17) is 4.74 Å². The average Bonchev–Trinajstić information content (AvgIpc) is 2.59. The van der Waals surface area contributed by atoms with Crippen molar-refractivity contribution < 1.29 is 4.74 Å². The Balaban J connectivity index is 1.69. The highest BCUT2D eigenvalue weighted by Gasteiger charge is 2.20. The summed E-state index contributed by atoms with van der Waals surface area (Å²) in [6.45, 7) is 1.89. The van der Waals surface area contributed by atoms with Gasteiger partial charge in [0.1, 0.15) is 0 Å². The van der Waals surface area contributed by atoms with Gasteiger partial charge in [0.15, 0.2) is 0 Å².